The largest absolute Gasteiger partial charge is 0.458 e. The van der Waals surface area contributed by atoms with Gasteiger partial charge in [0.05, 0.1) is 37.1 Å². The van der Waals surface area contributed by atoms with Gasteiger partial charge in [0.25, 0.3) is 0 Å². The fourth-order valence-corrected chi connectivity index (χ4v) is 6.74. The topological polar surface area (TPSA) is 63.2 Å². The summed E-state index contributed by atoms with van der Waals surface area (Å²) >= 11 is 2.26. The van der Waals surface area contributed by atoms with Crippen LogP contribution in [0.1, 0.15) is 70.3 Å². The second-order valence-corrected chi connectivity index (χ2v) is 12.3. The van der Waals surface area contributed by atoms with Crippen LogP contribution in [0.3, 0.4) is 0 Å². The average molecular weight is 661 g/mol. The van der Waals surface area contributed by atoms with Crippen LogP contribution in [0.5, 0.6) is 0 Å². The molecule has 0 radical (unpaired) electrons. The van der Waals surface area contributed by atoms with E-state index in [0.29, 0.717) is 19.4 Å². The fourth-order valence-electron chi connectivity index (χ4n) is 6.39. The van der Waals surface area contributed by atoms with Crippen LogP contribution < -0.4 is 0 Å². The molecule has 3 saturated heterocycles. The zero-order valence-electron chi connectivity index (χ0n) is 23.7. The molecule has 0 aromatic heterocycles. The Hall–Kier alpha value is -1.78. The maximum Gasteiger partial charge on any atom is 0.330 e. The normalized spacial score (nSPS) is 39.1. The Morgan fingerprint density at radius 2 is 1.93 bits per heavy atom. The predicted molar refractivity (Wildman–Crippen MR) is 164 cm³/mol. The quantitative estimate of drug-likeness (QED) is 0.180. The summed E-state index contributed by atoms with van der Waals surface area (Å²) in [6, 6.07) is 8.33. The average Bonchev–Trinajstić information content (AvgIpc) is 2.94. The minimum atomic E-state index is -0.400. The van der Waals surface area contributed by atoms with Gasteiger partial charge in [0.15, 0.2) is 6.29 Å². The van der Waals surface area contributed by atoms with Crippen LogP contribution >= 0.6 is 22.6 Å². The van der Waals surface area contributed by atoms with Crippen molar-refractivity contribution in [2.45, 2.75) is 95.8 Å². The van der Waals surface area contributed by atoms with Crippen LogP contribution in [0.4, 0.5) is 0 Å². The summed E-state index contributed by atoms with van der Waals surface area (Å²) in [6.45, 7) is 11.2. The van der Waals surface area contributed by atoms with Crippen molar-refractivity contribution >= 4 is 34.6 Å². The van der Waals surface area contributed by atoms with E-state index in [1.807, 2.05) is 12.1 Å². The third-order valence-corrected chi connectivity index (χ3v) is 9.51. The van der Waals surface area contributed by atoms with Crippen molar-refractivity contribution in [3.8, 4) is 0 Å². The molecule has 4 aliphatic rings. The molecule has 8 bridgehead atoms. The molecule has 0 amide bonds. The lowest BCUT2D eigenvalue weighted by Gasteiger charge is -2.44. The van der Waals surface area contributed by atoms with E-state index in [1.165, 1.54) is 6.08 Å². The summed E-state index contributed by atoms with van der Waals surface area (Å²) in [7, 11) is 0. The highest BCUT2D eigenvalue weighted by molar-refractivity contribution is 14.1. The predicted octanol–water partition coefficient (Wildman–Crippen LogP) is 7.25. The number of hydrogen-bond acceptors (Lipinski definition) is 6. The van der Waals surface area contributed by atoms with Gasteiger partial charge in [0, 0.05) is 29.9 Å². The van der Waals surface area contributed by atoms with Crippen LogP contribution in [0.15, 0.2) is 64.3 Å². The molecule has 9 atom stereocenters. The standard InChI is InChI=1S/C33H41IO6/c1-20-15-26-11-12-30(35)40-32-22(3)29(39-31(23(32)4)21(2)19-34)10-6-8-24-7-5-9-25(17-24)33-36-14-13-27(38-33)18-28(16-20)37-26/h5-9,11-12,17,19,22-23,26-29,31-33H,1,10,13-16,18H2,2-4H3/b8-6+,12-11+,21-19-/t22-,23-,26-,27+,28?,29-,31+,32-,33+/m0/s1. The number of rotatable bonds is 1. The molecule has 7 heteroatoms. The van der Waals surface area contributed by atoms with Gasteiger partial charge in [0.2, 0.25) is 0 Å². The minimum absolute atomic E-state index is 0.0179. The molecule has 5 rings (SSSR count). The number of esters is 1. The van der Waals surface area contributed by atoms with E-state index in [9.17, 15) is 4.79 Å². The number of carbonyl (C=O) groups is 1. The van der Waals surface area contributed by atoms with E-state index >= 15 is 0 Å². The highest BCUT2D eigenvalue weighted by atomic mass is 127. The Bertz CT molecular complexity index is 1160. The van der Waals surface area contributed by atoms with Gasteiger partial charge in [-0.05, 0) is 60.0 Å². The SMILES string of the molecule is C=C1CC2C[C@H]3CCO[C@H](O3)c3cccc(c3)/C=C/C[C@@H]3O[C@H](/C(C)=C\I)[C@H](C)[C@@H](OC(=O)/C=C/[C@@H](C1)O2)[C@H]3C. The molecule has 216 valence electrons. The maximum atomic E-state index is 13.1. The van der Waals surface area contributed by atoms with Gasteiger partial charge < -0.3 is 23.7 Å². The Morgan fingerprint density at radius 3 is 2.75 bits per heavy atom. The van der Waals surface area contributed by atoms with Crippen molar-refractivity contribution in [3.63, 3.8) is 0 Å². The van der Waals surface area contributed by atoms with Crippen LogP contribution in [0.25, 0.3) is 6.08 Å². The molecule has 0 aliphatic carbocycles. The van der Waals surface area contributed by atoms with Gasteiger partial charge in [0.1, 0.15) is 6.10 Å². The minimum Gasteiger partial charge on any atom is -0.458 e. The van der Waals surface area contributed by atoms with Gasteiger partial charge in [-0.25, -0.2) is 4.79 Å². The van der Waals surface area contributed by atoms with Crippen LogP contribution in [-0.4, -0.2) is 49.2 Å². The lowest BCUT2D eigenvalue weighted by Crippen LogP contribution is -2.50. The second kappa shape index (κ2) is 13.5. The van der Waals surface area contributed by atoms with E-state index in [4.69, 9.17) is 23.7 Å². The molecule has 1 aromatic carbocycles. The van der Waals surface area contributed by atoms with Gasteiger partial charge >= 0.3 is 5.97 Å². The number of ether oxygens (including phenoxy) is 5. The maximum absolute atomic E-state index is 13.1. The lowest BCUT2D eigenvalue weighted by atomic mass is 9.79. The third-order valence-electron chi connectivity index (χ3n) is 8.53. The molecule has 40 heavy (non-hydrogen) atoms. The Labute approximate surface area is 251 Å². The molecule has 3 fully saturated rings. The number of halogens is 1. The Balaban J connectivity index is 1.45. The van der Waals surface area contributed by atoms with Crippen LogP contribution in [0.2, 0.25) is 0 Å². The van der Waals surface area contributed by atoms with Crippen molar-refractivity contribution in [3.05, 3.63) is 75.4 Å². The number of fused-ring (bicyclic) bond motifs is 9. The fraction of sp³-hybridized carbons (Fsp3) is 0.545. The summed E-state index contributed by atoms with van der Waals surface area (Å²) in [5, 5.41) is 0. The van der Waals surface area contributed by atoms with Gasteiger partial charge in [-0.1, -0.05) is 78.9 Å². The molecule has 4 heterocycles. The highest BCUT2D eigenvalue weighted by Gasteiger charge is 2.43. The first-order valence-electron chi connectivity index (χ1n) is 14.5. The lowest BCUT2D eigenvalue weighted by molar-refractivity contribution is -0.225. The van der Waals surface area contributed by atoms with E-state index < -0.39 is 6.29 Å². The first kappa shape index (κ1) is 29.7. The van der Waals surface area contributed by atoms with Crippen molar-refractivity contribution in [1.29, 1.82) is 0 Å². The first-order chi connectivity index (χ1) is 19.3. The summed E-state index contributed by atoms with van der Waals surface area (Å²) in [6.07, 6.45) is 10.4. The summed E-state index contributed by atoms with van der Waals surface area (Å²) in [5.41, 5.74) is 4.37. The van der Waals surface area contributed by atoms with Gasteiger partial charge in [-0.3, -0.25) is 0 Å². The van der Waals surface area contributed by atoms with Crippen molar-refractivity contribution in [2.75, 3.05) is 6.61 Å². The van der Waals surface area contributed by atoms with E-state index in [2.05, 4.69) is 84.4 Å². The van der Waals surface area contributed by atoms with Crippen LogP contribution in [-0.2, 0) is 28.5 Å². The summed E-state index contributed by atoms with van der Waals surface area (Å²) in [5.74, 6) is -0.279. The zero-order chi connectivity index (χ0) is 28.2. The number of hydrogen-bond donors (Lipinski definition) is 0. The summed E-state index contributed by atoms with van der Waals surface area (Å²) < 4.78 is 33.6. The molecule has 0 saturated carbocycles. The van der Waals surface area contributed by atoms with Crippen molar-refractivity contribution in [1.82, 2.24) is 0 Å². The van der Waals surface area contributed by atoms with Gasteiger partial charge in [-0.2, -0.15) is 0 Å². The molecule has 1 aromatic rings. The first-order valence-corrected chi connectivity index (χ1v) is 15.7. The second-order valence-electron chi connectivity index (χ2n) is 11.7. The Morgan fingerprint density at radius 1 is 1.07 bits per heavy atom. The molecule has 0 spiro atoms. The van der Waals surface area contributed by atoms with Crippen LogP contribution in [0, 0.1) is 11.8 Å². The molecular weight excluding hydrogens is 619 g/mol. The van der Waals surface area contributed by atoms with Gasteiger partial charge in [-0.15, -0.1) is 0 Å². The molecule has 6 nitrogen and oxygen atoms in total. The number of carbonyl (C=O) groups excluding carboxylic acids is 1. The molecular formula is C33H41IO6. The highest BCUT2D eigenvalue weighted by Crippen LogP contribution is 2.38. The number of benzene rings is 1. The Kier molecular flexibility index (Phi) is 10.00. The molecule has 0 N–H and O–H groups in total. The molecule has 4 aliphatic heterocycles. The van der Waals surface area contributed by atoms with E-state index in [1.54, 1.807) is 0 Å². The third kappa shape index (κ3) is 7.16. The van der Waals surface area contributed by atoms with Crippen molar-refractivity contribution < 1.29 is 28.5 Å². The smallest absolute Gasteiger partial charge is 0.330 e. The zero-order valence-corrected chi connectivity index (χ0v) is 25.8. The van der Waals surface area contributed by atoms with E-state index in [0.717, 1.165) is 41.5 Å². The monoisotopic (exact) mass is 660 g/mol. The van der Waals surface area contributed by atoms with Crippen molar-refractivity contribution in [2.24, 2.45) is 11.8 Å². The molecule has 1 unspecified atom stereocenters. The summed E-state index contributed by atoms with van der Waals surface area (Å²) in [4.78, 5) is 13.1. The van der Waals surface area contributed by atoms with E-state index in [-0.39, 0.29) is 54.4 Å².